The summed E-state index contributed by atoms with van der Waals surface area (Å²) in [6, 6.07) is 4.22. The van der Waals surface area contributed by atoms with E-state index in [1.165, 1.54) is 12.1 Å². The van der Waals surface area contributed by atoms with Crippen molar-refractivity contribution in [3.63, 3.8) is 0 Å². The van der Waals surface area contributed by atoms with Gasteiger partial charge in [-0.1, -0.05) is 26.1 Å². The van der Waals surface area contributed by atoms with Gasteiger partial charge in [0.2, 0.25) is 0 Å². The Morgan fingerprint density at radius 2 is 1.81 bits per heavy atom. The van der Waals surface area contributed by atoms with Crippen molar-refractivity contribution in [2.24, 2.45) is 17.6 Å². The molecule has 1 heterocycles. The normalized spacial score (nSPS) is 23.2. The van der Waals surface area contributed by atoms with Gasteiger partial charge < -0.3 is 10.6 Å². The number of nitrogens with two attached hydrogens (primary N) is 1. The maximum Gasteiger partial charge on any atom is 0.417 e. The highest BCUT2D eigenvalue weighted by Gasteiger charge is 2.35. The van der Waals surface area contributed by atoms with E-state index in [1.807, 2.05) is 4.90 Å². The fourth-order valence-corrected chi connectivity index (χ4v) is 3.23. The Balaban J connectivity index is 2.40. The molecule has 1 aliphatic heterocycles. The van der Waals surface area contributed by atoms with Crippen LogP contribution in [0.25, 0.3) is 0 Å². The Morgan fingerprint density at radius 1 is 1.24 bits per heavy atom. The van der Waals surface area contributed by atoms with Crippen molar-refractivity contribution in [3.05, 3.63) is 29.3 Å². The largest absolute Gasteiger partial charge is 0.417 e. The first-order chi connectivity index (χ1) is 9.68. The molecule has 0 aliphatic carbocycles. The average Bonchev–Trinajstić information content (AvgIpc) is 2.35. The van der Waals surface area contributed by atoms with Crippen molar-refractivity contribution in [2.45, 2.75) is 26.4 Å². The van der Waals surface area contributed by atoms with E-state index in [2.05, 4.69) is 13.8 Å². The number of thiocarbonyl (C=S) groups is 1. The first-order valence-electron chi connectivity index (χ1n) is 6.94. The number of hydrogen-bond acceptors (Lipinski definition) is 2. The average molecular weight is 316 g/mol. The van der Waals surface area contributed by atoms with Crippen LogP contribution in [-0.2, 0) is 6.18 Å². The van der Waals surface area contributed by atoms with Crippen LogP contribution < -0.4 is 10.6 Å². The lowest BCUT2D eigenvalue weighted by molar-refractivity contribution is -0.137. The summed E-state index contributed by atoms with van der Waals surface area (Å²) < 4.78 is 39.5. The molecule has 116 valence electrons. The highest BCUT2D eigenvalue weighted by molar-refractivity contribution is 7.80. The van der Waals surface area contributed by atoms with E-state index in [0.29, 0.717) is 17.5 Å². The first-order valence-corrected chi connectivity index (χ1v) is 7.35. The van der Waals surface area contributed by atoms with Gasteiger partial charge in [-0.25, -0.2) is 0 Å². The summed E-state index contributed by atoms with van der Waals surface area (Å²) in [6.45, 7) is 5.79. The number of halogens is 3. The van der Waals surface area contributed by atoms with Gasteiger partial charge in [-0.15, -0.1) is 0 Å². The van der Waals surface area contributed by atoms with Crippen molar-refractivity contribution in [1.82, 2.24) is 0 Å². The van der Waals surface area contributed by atoms with Gasteiger partial charge in [0.1, 0.15) is 4.99 Å². The number of hydrogen-bond donors (Lipinski definition) is 1. The Morgan fingerprint density at radius 3 is 2.29 bits per heavy atom. The molecule has 2 rings (SSSR count). The van der Waals surface area contributed by atoms with Gasteiger partial charge in [-0.2, -0.15) is 13.2 Å². The number of anilines is 1. The Hall–Kier alpha value is -1.30. The number of piperidine rings is 1. The third-order valence-electron chi connectivity index (χ3n) is 3.81. The molecular weight excluding hydrogens is 297 g/mol. The lowest BCUT2D eigenvalue weighted by Crippen LogP contribution is -2.38. The minimum atomic E-state index is -4.46. The second-order valence-electron chi connectivity index (χ2n) is 5.94. The van der Waals surface area contributed by atoms with Gasteiger partial charge in [0.25, 0.3) is 0 Å². The zero-order valence-electron chi connectivity index (χ0n) is 12.1. The molecule has 0 aromatic heterocycles. The summed E-state index contributed by atoms with van der Waals surface area (Å²) >= 11 is 4.72. The van der Waals surface area contributed by atoms with Crippen molar-refractivity contribution < 1.29 is 13.2 Å². The molecule has 2 atom stereocenters. The highest BCUT2D eigenvalue weighted by atomic mass is 32.1. The van der Waals surface area contributed by atoms with Gasteiger partial charge >= 0.3 is 6.18 Å². The molecule has 1 aromatic carbocycles. The maximum absolute atomic E-state index is 13.2. The van der Waals surface area contributed by atoms with E-state index >= 15 is 0 Å². The fourth-order valence-electron chi connectivity index (χ4n) is 3.05. The molecule has 1 saturated heterocycles. The molecule has 1 fully saturated rings. The lowest BCUT2D eigenvalue weighted by Gasteiger charge is -2.37. The fraction of sp³-hybridized carbons (Fsp3) is 0.533. The molecule has 6 heteroatoms. The van der Waals surface area contributed by atoms with E-state index < -0.39 is 11.7 Å². The number of nitrogens with zero attached hydrogens (tertiary/aromatic N) is 1. The second kappa shape index (κ2) is 5.83. The molecule has 0 spiro atoms. The first kappa shape index (κ1) is 16.1. The molecule has 0 bridgehead atoms. The SMILES string of the molecule is CC1CC(C)CN(c2ccc(C(N)=S)c(C(F)(F)F)c2)C1. The monoisotopic (exact) mass is 316 g/mol. The van der Waals surface area contributed by atoms with Crippen LogP contribution in [0.15, 0.2) is 18.2 Å². The van der Waals surface area contributed by atoms with Crippen LogP contribution in [0, 0.1) is 11.8 Å². The molecule has 21 heavy (non-hydrogen) atoms. The third kappa shape index (κ3) is 3.67. The molecule has 2 unspecified atom stereocenters. The summed E-state index contributed by atoms with van der Waals surface area (Å²) in [6.07, 6.45) is -3.35. The Kier molecular flexibility index (Phi) is 4.46. The zero-order valence-corrected chi connectivity index (χ0v) is 12.9. The molecule has 0 radical (unpaired) electrons. The smallest absolute Gasteiger partial charge is 0.389 e. The molecule has 2 nitrogen and oxygen atoms in total. The van der Waals surface area contributed by atoms with Crippen LogP contribution in [-0.4, -0.2) is 18.1 Å². The van der Waals surface area contributed by atoms with E-state index in [-0.39, 0.29) is 10.6 Å². The van der Waals surface area contributed by atoms with Gasteiger partial charge in [0.05, 0.1) is 5.56 Å². The second-order valence-corrected chi connectivity index (χ2v) is 6.38. The molecule has 1 aromatic rings. The van der Waals surface area contributed by atoms with Gasteiger partial charge in [-0.3, -0.25) is 0 Å². The topological polar surface area (TPSA) is 29.3 Å². The molecule has 1 aliphatic rings. The number of benzene rings is 1. The predicted octanol–water partition coefficient (Wildman–Crippen LogP) is 3.82. The predicted molar refractivity (Wildman–Crippen MR) is 82.5 cm³/mol. The summed E-state index contributed by atoms with van der Waals surface area (Å²) in [7, 11) is 0. The summed E-state index contributed by atoms with van der Waals surface area (Å²) in [5.74, 6) is 0.941. The van der Waals surface area contributed by atoms with Crippen molar-refractivity contribution >= 4 is 22.9 Å². The van der Waals surface area contributed by atoms with Gasteiger partial charge in [0, 0.05) is 24.3 Å². The number of rotatable bonds is 2. The van der Waals surface area contributed by atoms with Crippen molar-refractivity contribution in [3.8, 4) is 0 Å². The lowest BCUT2D eigenvalue weighted by atomic mass is 9.91. The zero-order chi connectivity index (χ0) is 15.8. The minimum absolute atomic E-state index is 0.112. The molecule has 2 N–H and O–H groups in total. The van der Waals surface area contributed by atoms with Crippen LogP contribution >= 0.6 is 12.2 Å². The molecular formula is C15H19F3N2S. The standard InChI is InChI=1S/C15H19F3N2S/c1-9-5-10(2)8-20(7-9)11-3-4-12(14(19)21)13(6-11)15(16,17)18/h3-4,6,9-10H,5,7-8H2,1-2H3,(H2,19,21). The molecule has 0 amide bonds. The van der Waals surface area contributed by atoms with Crippen LogP contribution in [0.4, 0.5) is 18.9 Å². The van der Waals surface area contributed by atoms with Gasteiger partial charge in [-0.05, 0) is 36.5 Å². The summed E-state index contributed by atoms with van der Waals surface area (Å²) in [5, 5.41) is 0. The molecule has 0 saturated carbocycles. The van der Waals surface area contributed by atoms with Crippen molar-refractivity contribution in [1.29, 1.82) is 0 Å². The quantitative estimate of drug-likeness (QED) is 0.841. The van der Waals surface area contributed by atoms with Crippen LogP contribution in [0.1, 0.15) is 31.4 Å². The summed E-state index contributed by atoms with van der Waals surface area (Å²) in [4.78, 5) is 1.78. The van der Waals surface area contributed by atoms with E-state index in [0.717, 1.165) is 19.5 Å². The van der Waals surface area contributed by atoms with E-state index in [9.17, 15) is 13.2 Å². The third-order valence-corrected chi connectivity index (χ3v) is 4.03. The summed E-state index contributed by atoms with van der Waals surface area (Å²) in [5.41, 5.74) is 5.12. The van der Waals surface area contributed by atoms with E-state index in [4.69, 9.17) is 18.0 Å². The van der Waals surface area contributed by atoms with Crippen LogP contribution in [0.2, 0.25) is 0 Å². The maximum atomic E-state index is 13.2. The van der Waals surface area contributed by atoms with Crippen molar-refractivity contribution in [2.75, 3.05) is 18.0 Å². The van der Waals surface area contributed by atoms with E-state index in [1.54, 1.807) is 6.07 Å². The van der Waals surface area contributed by atoms with Gasteiger partial charge in [0.15, 0.2) is 0 Å². The Labute approximate surface area is 128 Å². The highest BCUT2D eigenvalue weighted by Crippen LogP contribution is 2.36. The van der Waals surface area contributed by atoms with Crippen LogP contribution in [0.5, 0.6) is 0 Å². The van der Waals surface area contributed by atoms with Crippen LogP contribution in [0.3, 0.4) is 0 Å². The number of alkyl halides is 3. The Bertz CT molecular complexity index is 532. The minimum Gasteiger partial charge on any atom is -0.389 e.